The van der Waals surface area contributed by atoms with Gasteiger partial charge >= 0.3 is 0 Å². The van der Waals surface area contributed by atoms with E-state index in [4.69, 9.17) is 5.11 Å². The molecule has 1 aliphatic heterocycles. The molecular weight excluding hydrogens is 168 g/mol. The van der Waals surface area contributed by atoms with E-state index in [0.29, 0.717) is 5.92 Å². The van der Waals surface area contributed by atoms with E-state index < -0.39 is 0 Å². The van der Waals surface area contributed by atoms with Crippen LogP contribution in [0.15, 0.2) is 5.29 Å². The molecule has 0 aromatic carbocycles. The molecule has 0 radical (unpaired) electrons. The van der Waals surface area contributed by atoms with E-state index in [-0.39, 0.29) is 6.61 Å². The lowest BCUT2D eigenvalue weighted by Gasteiger charge is -2.27. The van der Waals surface area contributed by atoms with Crippen LogP contribution in [0.5, 0.6) is 0 Å². The third kappa shape index (κ3) is 4.83. The van der Waals surface area contributed by atoms with Crippen molar-refractivity contribution in [2.24, 2.45) is 11.2 Å². The lowest BCUT2D eigenvalue weighted by atomic mass is 9.96. The van der Waals surface area contributed by atoms with Gasteiger partial charge in [0.05, 0.1) is 5.29 Å². The average Bonchev–Trinajstić information content (AvgIpc) is 2.22. The van der Waals surface area contributed by atoms with Crippen LogP contribution in [-0.4, -0.2) is 29.8 Å². The number of hydrogen-bond acceptors (Lipinski definition) is 3. The first kappa shape index (κ1) is 12.4. The smallest absolute Gasteiger partial charge is 0.0524 e. The molecule has 0 bridgehead atoms. The van der Waals surface area contributed by atoms with Crippen LogP contribution in [0.3, 0.4) is 0 Å². The molecule has 1 rings (SSSR count). The minimum absolute atomic E-state index is 0.220. The molecule has 4 heteroatoms. The molecule has 0 aliphatic carbocycles. The van der Waals surface area contributed by atoms with Crippen molar-refractivity contribution in [3.63, 3.8) is 0 Å². The number of piperidine rings is 1. The van der Waals surface area contributed by atoms with Gasteiger partial charge < -0.3 is 5.11 Å². The van der Waals surface area contributed by atoms with E-state index in [9.17, 15) is 4.91 Å². The van der Waals surface area contributed by atoms with Gasteiger partial charge in [0.25, 0.3) is 0 Å². The Labute approximate surface area is 79.9 Å². The van der Waals surface area contributed by atoms with Gasteiger partial charge in [0.2, 0.25) is 0 Å². The average molecular weight is 188 g/mol. The molecule has 0 spiro atoms. The molecule has 1 saturated heterocycles. The maximum Gasteiger partial charge on any atom is 0.0524 e. The second kappa shape index (κ2) is 7.98. The van der Waals surface area contributed by atoms with E-state index in [0.717, 1.165) is 32.4 Å². The summed E-state index contributed by atoms with van der Waals surface area (Å²) in [4.78, 5) is 10.1. The number of nitroso groups, excluding NO2 is 1. The molecule has 0 aromatic heterocycles. The SMILES string of the molecule is CC.O=NN1CCCC(CCO)C1. The molecule has 1 atom stereocenters. The molecule has 0 saturated carbocycles. The summed E-state index contributed by atoms with van der Waals surface area (Å²) in [5.74, 6) is 0.464. The molecule has 0 amide bonds. The molecule has 13 heavy (non-hydrogen) atoms. The van der Waals surface area contributed by atoms with E-state index in [2.05, 4.69) is 5.29 Å². The Morgan fingerprint density at radius 1 is 1.54 bits per heavy atom. The minimum Gasteiger partial charge on any atom is -0.396 e. The zero-order valence-corrected chi connectivity index (χ0v) is 8.57. The van der Waals surface area contributed by atoms with Crippen molar-refractivity contribution in [2.75, 3.05) is 19.7 Å². The number of aliphatic hydroxyl groups is 1. The van der Waals surface area contributed by atoms with Gasteiger partial charge in [0.15, 0.2) is 0 Å². The summed E-state index contributed by atoms with van der Waals surface area (Å²) < 4.78 is 0. The van der Waals surface area contributed by atoms with Crippen molar-refractivity contribution >= 4 is 0 Å². The molecule has 78 valence electrons. The van der Waals surface area contributed by atoms with Crippen LogP contribution >= 0.6 is 0 Å². The van der Waals surface area contributed by atoms with Crippen LogP contribution < -0.4 is 0 Å². The van der Waals surface area contributed by atoms with Crippen molar-refractivity contribution in [3.05, 3.63) is 4.91 Å². The van der Waals surface area contributed by atoms with Gasteiger partial charge in [-0.25, -0.2) is 0 Å². The summed E-state index contributed by atoms with van der Waals surface area (Å²) in [6.45, 7) is 5.73. The Balaban J connectivity index is 0.000000671. The Hall–Kier alpha value is -0.640. The topological polar surface area (TPSA) is 52.9 Å². The molecule has 4 nitrogen and oxygen atoms in total. The molecule has 1 heterocycles. The summed E-state index contributed by atoms with van der Waals surface area (Å²) in [5, 5.41) is 13.1. The summed E-state index contributed by atoms with van der Waals surface area (Å²) in [6, 6.07) is 0. The predicted molar refractivity (Wildman–Crippen MR) is 53.1 cm³/mol. The fourth-order valence-electron chi connectivity index (χ4n) is 1.54. The van der Waals surface area contributed by atoms with Crippen molar-refractivity contribution < 1.29 is 5.11 Å². The fourth-order valence-corrected chi connectivity index (χ4v) is 1.54. The second-order valence-electron chi connectivity index (χ2n) is 3.01. The molecule has 1 fully saturated rings. The van der Waals surface area contributed by atoms with E-state index in [1.54, 1.807) is 5.01 Å². The number of aliphatic hydroxyl groups excluding tert-OH is 1. The fraction of sp³-hybridized carbons (Fsp3) is 1.00. The van der Waals surface area contributed by atoms with Crippen molar-refractivity contribution in [2.45, 2.75) is 33.1 Å². The monoisotopic (exact) mass is 188 g/mol. The van der Waals surface area contributed by atoms with Crippen molar-refractivity contribution in [1.29, 1.82) is 0 Å². The highest BCUT2D eigenvalue weighted by molar-refractivity contribution is 4.69. The first-order chi connectivity index (χ1) is 6.36. The van der Waals surface area contributed by atoms with Crippen LogP contribution in [0.2, 0.25) is 0 Å². The van der Waals surface area contributed by atoms with Gasteiger partial charge in [-0.2, -0.15) is 0 Å². The largest absolute Gasteiger partial charge is 0.396 e. The van der Waals surface area contributed by atoms with Crippen molar-refractivity contribution in [1.82, 2.24) is 5.01 Å². The van der Waals surface area contributed by atoms with Crippen LogP contribution in [0, 0.1) is 10.8 Å². The Kier molecular flexibility index (Phi) is 7.59. The minimum atomic E-state index is 0.220. The maximum absolute atomic E-state index is 10.1. The summed E-state index contributed by atoms with van der Waals surface area (Å²) in [6.07, 6.45) is 2.94. The molecule has 1 unspecified atom stereocenters. The van der Waals surface area contributed by atoms with Gasteiger partial charge in [-0.3, -0.25) is 5.01 Å². The van der Waals surface area contributed by atoms with E-state index >= 15 is 0 Å². The highest BCUT2D eigenvalue weighted by atomic mass is 16.3. The molecule has 1 N–H and O–H groups in total. The van der Waals surface area contributed by atoms with E-state index in [1.165, 1.54) is 0 Å². The second-order valence-corrected chi connectivity index (χ2v) is 3.01. The zero-order chi connectivity index (χ0) is 10.1. The molecule has 0 aromatic rings. The van der Waals surface area contributed by atoms with Crippen LogP contribution in [0.25, 0.3) is 0 Å². The van der Waals surface area contributed by atoms with Gasteiger partial charge in [0, 0.05) is 19.7 Å². The summed E-state index contributed by atoms with van der Waals surface area (Å²) in [5.41, 5.74) is 0. The van der Waals surface area contributed by atoms with Gasteiger partial charge in [-0.05, 0) is 25.2 Å². The summed E-state index contributed by atoms with van der Waals surface area (Å²) in [7, 11) is 0. The maximum atomic E-state index is 10.1. The number of nitrogens with zero attached hydrogens (tertiary/aromatic N) is 2. The van der Waals surface area contributed by atoms with E-state index in [1.807, 2.05) is 13.8 Å². The predicted octanol–water partition coefficient (Wildman–Crippen LogP) is 1.79. The first-order valence-electron chi connectivity index (χ1n) is 5.06. The summed E-state index contributed by atoms with van der Waals surface area (Å²) >= 11 is 0. The van der Waals surface area contributed by atoms with Crippen LogP contribution in [0.4, 0.5) is 0 Å². The van der Waals surface area contributed by atoms with Crippen LogP contribution in [-0.2, 0) is 0 Å². The molecular formula is C9H20N2O2. The first-order valence-corrected chi connectivity index (χ1v) is 5.06. The lowest BCUT2D eigenvalue weighted by molar-refractivity contribution is 0.150. The number of rotatable bonds is 3. The zero-order valence-electron chi connectivity index (χ0n) is 8.57. The highest BCUT2D eigenvalue weighted by Gasteiger charge is 2.18. The quantitative estimate of drug-likeness (QED) is 0.687. The number of hydrogen-bond donors (Lipinski definition) is 1. The Bertz CT molecular complexity index is 129. The Morgan fingerprint density at radius 2 is 2.23 bits per heavy atom. The lowest BCUT2D eigenvalue weighted by Crippen LogP contribution is -2.31. The Morgan fingerprint density at radius 3 is 2.77 bits per heavy atom. The standard InChI is InChI=1S/C7H14N2O2.C2H6/c10-5-3-7-2-1-4-9(6-7)8-11;1-2/h7,10H,1-6H2;1-2H3. The molecule has 1 aliphatic rings. The third-order valence-corrected chi connectivity index (χ3v) is 2.15. The van der Waals surface area contributed by atoms with Gasteiger partial charge in [-0.1, -0.05) is 13.8 Å². The third-order valence-electron chi connectivity index (χ3n) is 2.15. The normalized spacial score (nSPS) is 21.8. The van der Waals surface area contributed by atoms with Crippen molar-refractivity contribution in [3.8, 4) is 0 Å². The highest BCUT2D eigenvalue weighted by Crippen LogP contribution is 2.18. The van der Waals surface area contributed by atoms with Gasteiger partial charge in [-0.15, -0.1) is 4.91 Å². The van der Waals surface area contributed by atoms with Gasteiger partial charge in [0.1, 0.15) is 0 Å². The van der Waals surface area contributed by atoms with Crippen LogP contribution in [0.1, 0.15) is 33.1 Å².